The Kier molecular flexibility index (Phi) is 9.02. The van der Waals surface area contributed by atoms with Gasteiger partial charge in [-0.2, -0.15) is 0 Å². The summed E-state index contributed by atoms with van der Waals surface area (Å²) in [5.74, 6) is 2.18. The Balaban J connectivity index is 1.46. The number of carbonyl (C=O) groups excluding carboxylic acids is 2. The molecule has 0 saturated carbocycles. The molecule has 0 aliphatic carbocycles. The number of likely N-dealkylation sites (tertiary alicyclic amines) is 2. The van der Waals surface area contributed by atoms with Crippen LogP contribution >= 0.6 is 0 Å². The second-order valence-corrected chi connectivity index (χ2v) is 8.59. The molecule has 0 spiro atoms. The summed E-state index contributed by atoms with van der Waals surface area (Å²) in [6.07, 6.45) is 6.35. The van der Waals surface area contributed by atoms with Crippen LogP contribution in [0, 0.1) is 5.92 Å². The SMILES string of the molecule is COc1cc(OC)c(OC)cc1CNC(=O)CN1CCC(C(=O)N2CCCCCC2)CC1. The van der Waals surface area contributed by atoms with Crippen LogP contribution in [0.15, 0.2) is 12.1 Å². The lowest BCUT2D eigenvalue weighted by molar-refractivity contribution is -0.137. The van der Waals surface area contributed by atoms with Gasteiger partial charge in [-0.25, -0.2) is 0 Å². The molecular weight excluding hydrogens is 410 g/mol. The molecule has 2 saturated heterocycles. The van der Waals surface area contributed by atoms with Crippen LogP contribution in [0.4, 0.5) is 0 Å². The molecule has 178 valence electrons. The monoisotopic (exact) mass is 447 g/mol. The summed E-state index contributed by atoms with van der Waals surface area (Å²) in [6.45, 7) is 4.03. The Hall–Kier alpha value is -2.48. The van der Waals surface area contributed by atoms with E-state index in [0.29, 0.717) is 36.2 Å². The first-order valence-corrected chi connectivity index (χ1v) is 11.6. The van der Waals surface area contributed by atoms with Crippen LogP contribution < -0.4 is 19.5 Å². The highest BCUT2D eigenvalue weighted by molar-refractivity contribution is 5.79. The number of hydrogen-bond acceptors (Lipinski definition) is 6. The van der Waals surface area contributed by atoms with Crippen LogP contribution in [-0.4, -0.2) is 75.7 Å². The molecule has 0 unspecified atom stereocenters. The molecule has 8 nitrogen and oxygen atoms in total. The lowest BCUT2D eigenvalue weighted by atomic mass is 9.95. The van der Waals surface area contributed by atoms with E-state index in [1.54, 1.807) is 27.4 Å². The molecule has 1 aromatic carbocycles. The normalized spacial score (nSPS) is 18.0. The highest BCUT2D eigenvalue weighted by atomic mass is 16.5. The van der Waals surface area contributed by atoms with Crippen molar-refractivity contribution in [1.82, 2.24) is 15.1 Å². The van der Waals surface area contributed by atoms with Crippen LogP contribution in [0.25, 0.3) is 0 Å². The summed E-state index contributed by atoms with van der Waals surface area (Å²) in [6, 6.07) is 3.57. The summed E-state index contributed by atoms with van der Waals surface area (Å²) in [5.41, 5.74) is 0.820. The zero-order valence-electron chi connectivity index (χ0n) is 19.7. The Bertz CT molecular complexity index is 769. The molecule has 2 fully saturated rings. The molecule has 2 aliphatic rings. The summed E-state index contributed by atoms with van der Waals surface area (Å²) in [4.78, 5) is 29.6. The second-order valence-electron chi connectivity index (χ2n) is 8.59. The molecule has 1 N–H and O–H groups in total. The molecule has 2 heterocycles. The van der Waals surface area contributed by atoms with E-state index in [9.17, 15) is 9.59 Å². The standard InChI is InChI=1S/C24H37N3O5/c1-30-20-15-22(32-3)21(31-2)14-19(20)16-25-23(28)17-26-12-8-18(9-13-26)24(29)27-10-6-4-5-7-11-27/h14-15,18H,4-13,16-17H2,1-3H3,(H,25,28). The maximum Gasteiger partial charge on any atom is 0.234 e. The van der Waals surface area contributed by atoms with Crippen LogP contribution in [-0.2, 0) is 16.1 Å². The lowest BCUT2D eigenvalue weighted by Gasteiger charge is -2.33. The molecule has 0 bridgehead atoms. The quantitative estimate of drug-likeness (QED) is 0.659. The maximum atomic E-state index is 12.8. The predicted molar refractivity (Wildman–Crippen MR) is 122 cm³/mol. The number of hydrogen-bond donors (Lipinski definition) is 1. The Labute approximate surface area is 191 Å². The fourth-order valence-corrected chi connectivity index (χ4v) is 4.57. The first-order chi connectivity index (χ1) is 15.5. The Morgan fingerprint density at radius 1 is 0.875 bits per heavy atom. The first kappa shape index (κ1) is 24.2. The average Bonchev–Trinajstić information content (AvgIpc) is 3.11. The minimum atomic E-state index is -0.0425. The summed E-state index contributed by atoms with van der Waals surface area (Å²) in [5, 5.41) is 2.97. The number of benzene rings is 1. The van der Waals surface area contributed by atoms with Crippen molar-refractivity contribution in [3.8, 4) is 17.2 Å². The van der Waals surface area contributed by atoms with Crippen molar-refractivity contribution in [2.45, 2.75) is 45.1 Å². The third-order valence-electron chi connectivity index (χ3n) is 6.48. The zero-order valence-corrected chi connectivity index (χ0v) is 19.7. The van der Waals surface area contributed by atoms with Crippen LogP contribution in [0.5, 0.6) is 17.2 Å². The van der Waals surface area contributed by atoms with Crippen molar-refractivity contribution in [1.29, 1.82) is 0 Å². The smallest absolute Gasteiger partial charge is 0.234 e. The number of rotatable bonds is 8. The highest BCUT2D eigenvalue weighted by Crippen LogP contribution is 2.34. The Morgan fingerprint density at radius 3 is 2.06 bits per heavy atom. The van der Waals surface area contributed by atoms with Crippen molar-refractivity contribution in [2.75, 3.05) is 54.1 Å². The number of nitrogens with zero attached hydrogens (tertiary/aromatic N) is 2. The number of nitrogens with one attached hydrogen (secondary N) is 1. The van der Waals surface area contributed by atoms with E-state index in [-0.39, 0.29) is 11.8 Å². The Morgan fingerprint density at radius 2 is 1.47 bits per heavy atom. The molecule has 2 aliphatic heterocycles. The third kappa shape index (κ3) is 6.28. The van der Waals surface area contributed by atoms with E-state index in [1.165, 1.54) is 12.8 Å². The first-order valence-electron chi connectivity index (χ1n) is 11.6. The van der Waals surface area contributed by atoms with Gasteiger partial charge in [0.1, 0.15) is 5.75 Å². The molecule has 1 aromatic rings. The van der Waals surface area contributed by atoms with Gasteiger partial charge in [0.2, 0.25) is 11.8 Å². The lowest BCUT2D eigenvalue weighted by Crippen LogP contribution is -2.45. The van der Waals surface area contributed by atoms with Crippen molar-refractivity contribution in [2.24, 2.45) is 5.92 Å². The second kappa shape index (κ2) is 11.9. The third-order valence-corrected chi connectivity index (χ3v) is 6.48. The zero-order chi connectivity index (χ0) is 22.9. The molecule has 3 rings (SSSR count). The topological polar surface area (TPSA) is 80.3 Å². The number of carbonyl (C=O) groups is 2. The van der Waals surface area contributed by atoms with Crippen molar-refractivity contribution < 1.29 is 23.8 Å². The average molecular weight is 448 g/mol. The van der Waals surface area contributed by atoms with Gasteiger partial charge in [-0.3, -0.25) is 14.5 Å². The van der Waals surface area contributed by atoms with E-state index in [2.05, 4.69) is 15.1 Å². The van der Waals surface area contributed by atoms with Crippen LogP contribution in [0.2, 0.25) is 0 Å². The molecule has 0 radical (unpaired) electrons. The number of piperidine rings is 1. The van der Waals surface area contributed by atoms with Gasteiger partial charge < -0.3 is 24.4 Å². The predicted octanol–water partition coefficient (Wildman–Crippen LogP) is 2.44. The van der Waals surface area contributed by atoms with Gasteiger partial charge in [0.25, 0.3) is 0 Å². The largest absolute Gasteiger partial charge is 0.496 e. The van der Waals surface area contributed by atoms with Gasteiger partial charge in [-0.05, 0) is 44.8 Å². The van der Waals surface area contributed by atoms with Crippen LogP contribution in [0.1, 0.15) is 44.1 Å². The van der Waals surface area contributed by atoms with E-state index in [0.717, 1.165) is 57.4 Å². The van der Waals surface area contributed by atoms with Crippen LogP contribution in [0.3, 0.4) is 0 Å². The van der Waals surface area contributed by atoms with Gasteiger partial charge >= 0.3 is 0 Å². The minimum absolute atomic E-state index is 0.0425. The van der Waals surface area contributed by atoms with Gasteiger partial charge in [0.05, 0.1) is 27.9 Å². The number of amides is 2. The maximum absolute atomic E-state index is 12.8. The molecule has 8 heteroatoms. The molecule has 2 amide bonds. The fraction of sp³-hybridized carbons (Fsp3) is 0.667. The summed E-state index contributed by atoms with van der Waals surface area (Å²) >= 11 is 0. The minimum Gasteiger partial charge on any atom is -0.496 e. The number of methoxy groups -OCH3 is 3. The van der Waals surface area contributed by atoms with Crippen molar-refractivity contribution in [3.63, 3.8) is 0 Å². The van der Waals surface area contributed by atoms with Crippen molar-refractivity contribution in [3.05, 3.63) is 17.7 Å². The van der Waals surface area contributed by atoms with Gasteiger partial charge in [0.15, 0.2) is 11.5 Å². The molecule has 32 heavy (non-hydrogen) atoms. The molecular formula is C24H37N3O5. The summed E-state index contributed by atoms with van der Waals surface area (Å²) in [7, 11) is 4.74. The van der Waals surface area contributed by atoms with Crippen molar-refractivity contribution >= 4 is 11.8 Å². The molecule has 0 atom stereocenters. The van der Waals surface area contributed by atoms with E-state index in [4.69, 9.17) is 14.2 Å². The number of ether oxygens (including phenoxy) is 3. The fourth-order valence-electron chi connectivity index (χ4n) is 4.57. The van der Waals surface area contributed by atoms with Gasteiger partial charge in [-0.15, -0.1) is 0 Å². The van der Waals surface area contributed by atoms with Gasteiger partial charge in [-0.1, -0.05) is 12.8 Å². The molecule has 0 aromatic heterocycles. The van der Waals surface area contributed by atoms with E-state index in [1.807, 2.05) is 6.07 Å². The highest BCUT2D eigenvalue weighted by Gasteiger charge is 2.29. The van der Waals surface area contributed by atoms with Gasteiger partial charge in [0, 0.05) is 37.2 Å². The van der Waals surface area contributed by atoms with E-state index >= 15 is 0 Å². The van der Waals surface area contributed by atoms with E-state index < -0.39 is 0 Å². The summed E-state index contributed by atoms with van der Waals surface area (Å²) < 4.78 is 16.1.